The van der Waals surface area contributed by atoms with Crippen LogP contribution in [-0.4, -0.2) is 39.9 Å². The number of anilines is 2. The molecule has 0 saturated heterocycles. The quantitative estimate of drug-likeness (QED) is 0.416. The topological polar surface area (TPSA) is 136 Å². The maximum Gasteiger partial charge on any atom is 0.308 e. The van der Waals surface area contributed by atoms with Crippen LogP contribution in [0.5, 0.6) is 0 Å². The molecular weight excluding hydrogens is 330 g/mol. The van der Waals surface area contributed by atoms with Crippen molar-refractivity contribution in [2.75, 3.05) is 23.8 Å². The minimum Gasteiger partial charge on any atom is -0.456 e. The van der Waals surface area contributed by atoms with Crippen LogP contribution in [0, 0.1) is 10.1 Å². The van der Waals surface area contributed by atoms with Gasteiger partial charge in [-0.1, -0.05) is 12.1 Å². The van der Waals surface area contributed by atoms with E-state index in [0.29, 0.717) is 5.95 Å². The number of benzene rings is 1. The van der Waals surface area contributed by atoms with Crippen molar-refractivity contribution in [2.24, 2.45) is 0 Å². The average Bonchev–Trinajstić information content (AvgIpc) is 2.61. The first kappa shape index (κ1) is 17.8. The van der Waals surface area contributed by atoms with E-state index in [9.17, 15) is 19.7 Å². The van der Waals surface area contributed by atoms with Crippen LogP contribution in [0.2, 0.25) is 0 Å². The first-order chi connectivity index (χ1) is 12.1. The van der Waals surface area contributed by atoms with Crippen molar-refractivity contribution in [1.29, 1.82) is 0 Å². The van der Waals surface area contributed by atoms with Crippen LogP contribution in [0.1, 0.15) is 6.42 Å². The van der Waals surface area contributed by atoms with Crippen molar-refractivity contribution in [1.82, 2.24) is 9.97 Å². The molecule has 25 heavy (non-hydrogen) atoms. The highest BCUT2D eigenvalue weighted by Crippen LogP contribution is 2.22. The van der Waals surface area contributed by atoms with Gasteiger partial charge in [-0.15, -0.1) is 0 Å². The number of esters is 1. The van der Waals surface area contributed by atoms with Crippen molar-refractivity contribution >= 4 is 29.2 Å². The molecule has 0 fully saturated rings. The van der Waals surface area contributed by atoms with E-state index in [1.807, 2.05) is 0 Å². The largest absolute Gasteiger partial charge is 0.456 e. The van der Waals surface area contributed by atoms with Gasteiger partial charge in [-0.2, -0.15) is 0 Å². The summed E-state index contributed by atoms with van der Waals surface area (Å²) in [5, 5.41) is 16.0. The standard InChI is InChI=1S/C15H15N5O5/c21-13(19-11-4-1-2-5-12(11)20(23)24)10-25-14(22)6-9-18-15-16-7-3-8-17-15/h1-5,7-8H,6,9-10H2,(H,19,21)(H,16,17,18). The van der Waals surface area contributed by atoms with Gasteiger partial charge in [0, 0.05) is 25.0 Å². The van der Waals surface area contributed by atoms with Crippen LogP contribution < -0.4 is 10.6 Å². The zero-order valence-electron chi connectivity index (χ0n) is 13.0. The number of carbonyl (C=O) groups is 2. The number of nitro benzene ring substituents is 1. The number of nitro groups is 1. The predicted octanol–water partition coefficient (Wildman–Crippen LogP) is 1.37. The molecule has 130 valence electrons. The molecule has 2 aromatic rings. The van der Waals surface area contributed by atoms with E-state index in [-0.39, 0.29) is 24.3 Å². The van der Waals surface area contributed by atoms with Crippen LogP contribution in [0.3, 0.4) is 0 Å². The van der Waals surface area contributed by atoms with Crippen LogP contribution in [0.4, 0.5) is 17.3 Å². The summed E-state index contributed by atoms with van der Waals surface area (Å²) in [6.07, 6.45) is 3.12. The lowest BCUT2D eigenvalue weighted by Gasteiger charge is -2.07. The number of hydrogen-bond donors (Lipinski definition) is 2. The lowest BCUT2D eigenvalue weighted by atomic mass is 10.2. The van der Waals surface area contributed by atoms with Gasteiger partial charge in [0.05, 0.1) is 11.3 Å². The van der Waals surface area contributed by atoms with Crippen molar-refractivity contribution in [3.8, 4) is 0 Å². The highest BCUT2D eigenvalue weighted by molar-refractivity contribution is 5.94. The van der Waals surface area contributed by atoms with Crippen LogP contribution >= 0.6 is 0 Å². The van der Waals surface area contributed by atoms with E-state index in [1.54, 1.807) is 24.5 Å². The maximum atomic E-state index is 11.7. The van der Waals surface area contributed by atoms with Gasteiger partial charge < -0.3 is 15.4 Å². The summed E-state index contributed by atoms with van der Waals surface area (Å²) in [7, 11) is 0. The molecule has 1 heterocycles. The monoisotopic (exact) mass is 345 g/mol. The average molecular weight is 345 g/mol. The molecular formula is C15H15N5O5. The molecule has 0 aliphatic heterocycles. The van der Waals surface area contributed by atoms with Gasteiger partial charge in [-0.05, 0) is 12.1 Å². The summed E-state index contributed by atoms with van der Waals surface area (Å²) < 4.78 is 4.81. The van der Waals surface area contributed by atoms with Crippen molar-refractivity contribution < 1.29 is 19.2 Å². The van der Waals surface area contributed by atoms with Crippen LogP contribution in [0.25, 0.3) is 0 Å². The van der Waals surface area contributed by atoms with Gasteiger partial charge in [0.2, 0.25) is 5.95 Å². The number of hydrogen-bond acceptors (Lipinski definition) is 8. The van der Waals surface area contributed by atoms with E-state index < -0.39 is 23.4 Å². The van der Waals surface area contributed by atoms with E-state index in [1.165, 1.54) is 18.2 Å². The molecule has 1 aromatic carbocycles. The van der Waals surface area contributed by atoms with E-state index in [0.717, 1.165) is 0 Å². The Morgan fingerprint density at radius 1 is 1.16 bits per heavy atom. The minimum absolute atomic E-state index is 0.0109. The molecule has 0 atom stereocenters. The smallest absolute Gasteiger partial charge is 0.308 e. The molecule has 1 aromatic heterocycles. The number of para-hydroxylation sites is 2. The van der Waals surface area contributed by atoms with E-state index in [4.69, 9.17) is 4.74 Å². The third-order valence-electron chi connectivity index (χ3n) is 2.92. The summed E-state index contributed by atoms with van der Waals surface area (Å²) in [5.41, 5.74) is -0.203. The Morgan fingerprint density at radius 3 is 2.60 bits per heavy atom. The first-order valence-electron chi connectivity index (χ1n) is 7.26. The Morgan fingerprint density at radius 2 is 1.88 bits per heavy atom. The molecule has 10 heteroatoms. The Hall–Kier alpha value is -3.56. The van der Waals surface area contributed by atoms with Crippen molar-refractivity contribution in [3.63, 3.8) is 0 Å². The fourth-order valence-corrected chi connectivity index (χ4v) is 1.81. The maximum absolute atomic E-state index is 11.7. The third kappa shape index (κ3) is 5.86. The SMILES string of the molecule is O=C(COC(=O)CCNc1ncccn1)Nc1ccccc1[N+](=O)[O-]. The highest BCUT2D eigenvalue weighted by Gasteiger charge is 2.15. The Bertz CT molecular complexity index is 753. The zero-order chi connectivity index (χ0) is 18.1. The molecule has 1 amide bonds. The van der Waals surface area contributed by atoms with Crippen LogP contribution in [0.15, 0.2) is 42.7 Å². The summed E-state index contributed by atoms with van der Waals surface area (Å²) in [5.74, 6) is -0.882. The summed E-state index contributed by atoms with van der Waals surface area (Å²) in [6.45, 7) is -0.290. The Balaban J connectivity index is 1.73. The molecule has 0 radical (unpaired) electrons. The second-order valence-corrected chi connectivity index (χ2v) is 4.73. The molecule has 0 aliphatic carbocycles. The summed E-state index contributed by atoms with van der Waals surface area (Å²) in [6, 6.07) is 7.35. The Labute approximate surface area is 142 Å². The molecule has 10 nitrogen and oxygen atoms in total. The molecule has 0 saturated carbocycles. The number of carbonyl (C=O) groups excluding carboxylic acids is 2. The van der Waals surface area contributed by atoms with E-state index >= 15 is 0 Å². The Kier molecular flexibility index (Phi) is 6.34. The minimum atomic E-state index is -0.665. The highest BCUT2D eigenvalue weighted by atomic mass is 16.6. The van der Waals surface area contributed by atoms with Crippen molar-refractivity contribution in [3.05, 3.63) is 52.8 Å². The van der Waals surface area contributed by atoms with Gasteiger partial charge >= 0.3 is 5.97 Å². The number of nitrogens with zero attached hydrogens (tertiary/aromatic N) is 3. The number of aromatic nitrogens is 2. The van der Waals surface area contributed by atoms with Crippen LogP contribution in [-0.2, 0) is 14.3 Å². The third-order valence-corrected chi connectivity index (χ3v) is 2.92. The lowest BCUT2D eigenvalue weighted by Crippen LogP contribution is -2.22. The summed E-state index contributed by atoms with van der Waals surface area (Å²) >= 11 is 0. The second kappa shape index (κ2) is 8.91. The molecule has 0 unspecified atom stereocenters. The van der Waals surface area contributed by atoms with E-state index in [2.05, 4.69) is 20.6 Å². The number of amides is 1. The number of nitrogens with one attached hydrogen (secondary N) is 2. The summed E-state index contributed by atoms with van der Waals surface area (Å²) in [4.78, 5) is 41.4. The number of rotatable bonds is 8. The molecule has 2 rings (SSSR count). The first-order valence-corrected chi connectivity index (χ1v) is 7.26. The van der Waals surface area contributed by atoms with Gasteiger partial charge in [-0.25, -0.2) is 9.97 Å². The molecule has 2 N–H and O–H groups in total. The zero-order valence-corrected chi connectivity index (χ0v) is 13.0. The molecule has 0 spiro atoms. The fourth-order valence-electron chi connectivity index (χ4n) is 1.81. The van der Waals surface area contributed by atoms with Gasteiger partial charge in [-0.3, -0.25) is 19.7 Å². The molecule has 0 bridgehead atoms. The van der Waals surface area contributed by atoms with Crippen molar-refractivity contribution in [2.45, 2.75) is 6.42 Å². The normalized spacial score (nSPS) is 9.92. The lowest BCUT2D eigenvalue weighted by molar-refractivity contribution is -0.383. The predicted molar refractivity (Wildman–Crippen MR) is 87.8 cm³/mol. The van der Waals surface area contributed by atoms with Gasteiger partial charge in [0.25, 0.3) is 11.6 Å². The number of ether oxygens (including phenoxy) is 1. The second-order valence-electron chi connectivity index (χ2n) is 4.73. The van der Waals surface area contributed by atoms with Gasteiger partial charge in [0.1, 0.15) is 5.69 Å². The van der Waals surface area contributed by atoms with Gasteiger partial charge in [0.15, 0.2) is 6.61 Å². The molecule has 0 aliphatic rings. The fraction of sp³-hybridized carbons (Fsp3) is 0.200.